The molecule has 2 aromatic carbocycles. The van der Waals surface area contributed by atoms with Crippen molar-refractivity contribution in [3.8, 4) is 5.75 Å². The van der Waals surface area contributed by atoms with Crippen LogP contribution < -0.4 is 4.74 Å². The first kappa shape index (κ1) is 20.4. The van der Waals surface area contributed by atoms with Gasteiger partial charge in [0.25, 0.3) is 22.9 Å². The van der Waals surface area contributed by atoms with E-state index in [0.29, 0.717) is 46.0 Å². The number of carbonyl (C=O) groups excluding carboxylic acids is 2. The van der Waals surface area contributed by atoms with Gasteiger partial charge in [-0.15, -0.1) is 10.2 Å². The number of carbonyl (C=O) groups is 2. The number of thioether (sulfide) groups is 1. The fourth-order valence-electron chi connectivity index (χ4n) is 3.03. The van der Waals surface area contributed by atoms with Crippen LogP contribution in [-0.2, 0) is 6.61 Å². The third kappa shape index (κ3) is 4.49. The molecule has 7 nitrogen and oxygen atoms in total. The molecule has 0 aliphatic carbocycles. The SMILES string of the molecule is O=C1c2ccccc2C(=O)N1CCCCSc1nnc(COc2ccccc2Cl)o1. The first-order chi connectivity index (χ1) is 14.6. The van der Waals surface area contributed by atoms with E-state index < -0.39 is 0 Å². The van der Waals surface area contributed by atoms with Crippen molar-refractivity contribution >= 4 is 35.2 Å². The number of rotatable bonds is 9. The Morgan fingerprint density at radius 2 is 1.67 bits per heavy atom. The Labute approximate surface area is 182 Å². The van der Waals surface area contributed by atoms with E-state index in [0.717, 1.165) is 12.2 Å². The van der Waals surface area contributed by atoms with E-state index in [-0.39, 0.29) is 18.4 Å². The summed E-state index contributed by atoms with van der Waals surface area (Å²) in [5.41, 5.74) is 0.962. The number of para-hydroxylation sites is 1. The number of benzene rings is 2. The Kier molecular flexibility index (Phi) is 6.35. The number of fused-ring (bicyclic) bond motifs is 1. The minimum absolute atomic E-state index is 0.136. The molecule has 0 unspecified atom stereocenters. The molecule has 4 rings (SSSR count). The molecule has 1 aromatic heterocycles. The molecule has 1 aliphatic heterocycles. The van der Waals surface area contributed by atoms with E-state index in [2.05, 4.69) is 10.2 Å². The van der Waals surface area contributed by atoms with Crippen LogP contribution >= 0.6 is 23.4 Å². The van der Waals surface area contributed by atoms with E-state index >= 15 is 0 Å². The predicted molar refractivity (Wildman–Crippen MR) is 112 cm³/mol. The third-order valence-electron chi connectivity index (χ3n) is 4.52. The molecule has 0 N–H and O–H groups in total. The van der Waals surface area contributed by atoms with Crippen molar-refractivity contribution in [3.63, 3.8) is 0 Å². The molecule has 9 heteroatoms. The highest BCUT2D eigenvalue weighted by Gasteiger charge is 2.34. The van der Waals surface area contributed by atoms with Crippen LogP contribution in [0.1, 0.15) is 39.4 Å². The van der Waals surface area contributed by atoms with E-state index in [1.807, 2.05) is 12.1 Å². The highest BCUT2D eigenvalue weighted by molar-refractivity contribution is 7.99. The zero-order chi connectivity index (χ0) is 20.9. The highest BCUT2D eigenvalue weighted by atomic mass is 35.5. The second-order valence-corrected chi connectivity index (χ2v) is 8.00. The quantitative estimate of drug-likeness (QED) is 0.274. The number of hydrogen-bond acceptors (Lipinski definition) is 7. The van der Waals surface area contributed by atoms with Crippen LogP contribution in [0.15, 0.2) is 58.2 Å². The van der Waals surface area contributed by atoms with Gasteiger partial charge in [-0.25, -0.2) is 0 Å². The number of aromatic nitrogens is 2. The van der Waals surface area contributed by atoms with Crippen molar-refractivity contribution in [2.24, 2.45) is 0 Å². The van der Waals surface area contributed by atoms with Crippen LogP contribution in [0.4, 0.5) is 0 Å². The lowest BCUT2D eigenvalue weighted by Gasteiger charge is -2.13. The summed E-state index contributed by atoms with van der Waals surface area (Å²) in [6.07, 6.45) is 1.50. The maximum Gasteiger partial charge on any atom is 0.276 e. The first-order valence-corrected chi connectivity index (χ1v) is 10.8. The van der Waals surface area contributed by atoms with Gasteiger partial charge in [0, 0.05) is 12.3 Å². The molecule has 2 heterocycles. The normalized spacial score (nSPS) is 13.0. The molecule has 0 radical (unpaired) electrons. The van der Waals surface area contributed by atoms with Crippen molar-refractivity contribution in [3.05, 3.63) is 70.6 Å². The fourth-order valence-corrected chi connectivity index (χ4v) is 4.00. The van der Waals surface area contributed by atoms with Crippen molar-refractivity contribution < 1.29 is 18.7 Å². The lowest BCUT2D eigenvalue weighted by molar-refractivity contribution is 0.0652. The van der Waals surface area contributed by atoms with Gasteiger partial charge >= 0.3 is 0 Å². The van der Waals surface area contributed by atoms with Crippen LogP contribution in [0.3, 0.4) is 0 Å². The first-order valence-electron chi connectivity index (χ1n) is 9.41. The van der Waals surface area contributed by atoms with Crippen molar-refractivity contribution in [2.75, 3.05) is 12.3 Å². The van der Waals surface area contributed by atoms with Gasteiger partial charge in [0.2, 0.25) is 0 Å². The van der Waals surface area contributed by atoms with Gasteiger partial charge in [-0.3, -0.25) is 14.5 Å². The van der Waals surface area contributed by atoms with Crippen LogP contribution in [0.25, 0.3) is 0 Å². The standard InChI is InChI=1S/C21H18ClN3O4S/c22-16-9-3-4-10-17(16)28-13-18-23-24-21(29-18)30-12-6-5-11-25-19(26)14-7-1-2-8-15(14)20(25)27/h1-4,7-10H,5-6,11-13H2. The summed E-state index contributed by atoms with van der Waals surface area (Å²) in [5.74, 6) is 1.21. The monoisotopic (exact) mass is 443 g/mol. The Morgan fingerprint density at radius 3 is 2.40 bits per heavy atom. The fraction of sp³-hybridized carbons (Fsp3) is 0.238. The lowest BCUT2D eigenvalue weighted by Crippen LogP contribution is -2.30. The highest BCUT2D eigenvalue weighted by Crippen LogP contribution is 2.25. The molecule has 154 valence electrons. The van der Waals surface area contributed by atoms with Gasteiger partial charge in [-0.1, -0.05) is 47.6 Å². The maximum absolute atomic E-state index is 12.3. The zero-order valence-electron chi connectivity index (χ0n) is 15.9. The molecule has 30 heavy (non-hydrogen) atoms. The van der Waals surface area contributed by atoms with E-state index in [9.17, 15) is 9.59 Å². The molecule has 0 fully saturated rings. The summed E-state index contributed by atoms with van der Waals surface area (Å²) in [7, 11) is 0. The molecule has 1 aliphatic rings. The summed E-state index contributed by atoms with van der Waals surface area (Å²) in [6, 6.07) is 14.1. The average molecular weight is 444 g/mol. The van der Waals surface area contributed by atoms with Gasteiger partial charge < -0.3 is 9.15 Å². The van der Waals surface area contributed by atoms with Crippen LogP contribution in [0.2, 0.25) is 5.02 Å². The molecule has 0 atom stereocenters. The molecule has 0 saturated carbocycles. The van der Waals surface area contributed by atoms with E-state index in [1.165, 1.54) is 16.7 Å². The van der Waals surface area contributed by atoms with Crippen molar-refractivity contribution in [2.45, 2.75) is 24.7 Å². The second-order valence-electron chi connectivity index (χ2n) is 6.54. The minimum Gasteiger partial charge on any atom is -0.482 e. The second kappa shape index (κ2) is 9.32. The molecule has 0 bridgehead atoms. The number of hydrogen-bond donors (Lipinski definition) is 0. The number of amides is 2. The van der Waals surface area contributed by atoms with Crippen LogP contribution in [0.5, 0.6) is 5.75 Å². The summed E-state index contributed by atoms with van der Waals surface area (Å²) in [4.78, 5) is 26.0. The summed E-state index contributed by atoms with van der Waals surface area (Å²) >= 11 is 7.47. The number of unbranched alkanes of at least 4 members (excludes halogenated alkanes) is 1. The zero-order valence-corrected chi connectivity index (χ0v) is 17.5. The van der Waals surface area contributed by atoms with Crippen molar-refractivity contribution in [1.82, 2.24) is 15.1 Å². The largest absolute Gasteiger partial charge is 0.482 e. The number of imide groups is 1. The Morgan fingerprint density at radius 1 is 0.967 bits per heavy atom. The van der Waals surface area contributed by atoms with Gasteiger partial charge in [-0.05, 0) is 37.1 Å². The molecule has 0 saturated heterocycles. The molecule has 3 aromatic rings. The average Bonchev–Trinajstić information content (AvgIpc) is 3.31. The van der Waals surface area contributed by atoms with Gasteiger partial charge in [0.05, 0.1) is 16.1 Å². The van der Waals surface area contributed by atoms with E-state index in [1.54, 1.807) is 36.4 Å². The van der Waals surface area contributed by atoms with E-state index in [4.69, 9.17) is 20.8 Å². The Balaban J connectivity index is 1.18. The lowest BCUT2D eigenvalue weighted by atomic mass is 10.1. The summed E-state index contributed by atoms with van der Waals surface area (Å²) in [6.45, 7) is 0.532. The minimum atomic E-state index is -0.219. The molecular weight excluding hydrogens is 426 g/mol. The third-order valence-corrected chi connectivity index (χ3v) is 5.73. The maximum atomic E-state index is 12.3. The van der Waals surface area contributed by atoms with Gasteiger partial charge in [0.15, 0.2) is 6.61 Å². The smallest absolute Gasteiger partial charge is 0.276 e. The van der Waals surface area contributed by atoms with Crippen molar-refractivity contribution in [1.29, 1.82) is 0 Å². The Bertz CT molecular complexity index is 1040. The molecule has 2 amide bonds. The molecular formula is C21H18ClN3O4S. The number of nitrogens with zero attached hydrogens (tertiary/aromatic N) is 3. The predicted octanol–water partition coefficient (Wildman–Crippen LogP) is 4.47. The van der Waals surface area contributed by atoms with Gasteiger partial charge in [0.1, 0.15) is 5.75 Å². The van der Waals surface area contributed by atoms with Crippen LogP contribution in [0, 0.1) is 0 Å². The number of ether oxygens (including phenoxy) is 1. The van der Waals surface area contributed by atoms with Gasteiger partial charge in [-0.2, -0.15) is 0 Å². The number of halogens is 1. The molecule has 0 spiro atoms. The Hall–Kier alpha value is -2.84. The summed E-state index contributed by atoms with van der Waals surface area (Å²) in [5, 5.41) is 8.92. The topological polar surface area (TPSA) is 85.5 Å². The summed E-state index contributed by atoms with van der Waals surface area (Å²) < 4.78 is 11.1. The van der Waals surface area contributed by atoms with Crippen LogP contribution in [-0.4, -0.2) is 39.2 Å².